The average molecular weight is 220 g/mol. The first kappa shape index (κ1) is 11.4. The molecule has 3 heteroatoms. The first-order valence-electron chi connectivity index (χ1n) is 5.90. The lowest BCUT2D eigenvalue weighted by Gasteiger charge is -2.19. The zero-order valence-corrected chi connectivity index (χ0v) is 9.99. The summed E-state index contributed by atoms with van der Waals surface area (Å²) in [6.45, 7) is 4.41. The average Bonchev–Trinajstić information content (AvgIpc) is 2.82. The van der Waals surface area contributed by atoms with Gasteiger partial charge in [-0.3, -0.25) is 0 Å². The maximum atomic E-state index is 5.23. The number of methoxy groups -OCH3 is 1. The number of hydrogen-bond donors (Lipinski definition) is 2. The van der Waals surface area contributed by atoms with Crippen LogP contribution in [-0.2, 0) is 0 Å². The van der Waals surface area contributed by atoms with Crippen molar-refractivity contribution in [2.24, 2.45) is 0 Å². The summed E-state index contributed by atoms with van der Waals surface area (Å²) in [6.07, 6.45) is 1.22. The molecule has 0 amide bonds. The van der Waals surface area contributed by atoms with Crippen LogP contribution in [0.5, 0.6) is 5.75 Å². The molecule has 0 saturated carbocycles. The molecular weight excluding hydrogens is 200 g/mol. The standard InChI is InChI=1S/C13H20N2O/c1-10(15-12-6-7-14-9-12)11-4-3-5-13(8-11)16-2/h3-5,8,10,12,14-15H,6-7,9H2,1-2H3/t10-,12?/m0/s1. The van der Waals surface area contributed by atoms with Crippen molar-refractivity contribution < 1.29 is 4.74 Å². The highest BCUT2D eigenvalue weighted by Crippen LogP contribution is 2.19. The Hall–Kier alpha value is -1.06. The molecule has 1 aromatic carbocycles. The van der Waals surface area contributed by atoms with Crippen molar-refractivity contribution in [1.82, 2.24) is 10.6 Å². The summed E-state index contributed by atoms with van der Waals surface area (Å²) in [4.78, 5) is 0. The van der Waals surface area contributed by atoms with Gasteiger partial charge in [0.05, 0.1) is 7.11 Å². The minimum absolute atomic E-state index is 0.375. The van der Waals surface area contributed by atoms with Gasteiger partial charge in [-0.1, -0.05) is 12.1 Å². The van der Waals surface area contributed by atoms with Gasteiger partial charge in [0, 0.05) is 18.6 Å². The van der Waals surface area contributed by atoms with E-state index in [1.54, 1.807) is 7.11 Å². The minimum Gasteiger partial charge on any atom is -0.497 e. The fourth-order valence-corrected chi connectivity index (χ4v) is 2.16. The molecule has 1 fully saturated rings. The first-order chi connectivity index (χ1) is 7.79. The molecule has 0 radical (unpaired) electrons. The Morgan fingerprint density at radius 2 is 2.38 bits per heavy atom. The summed E-state index contributed by atoms with van der Waals surface area (Å²) in [6, 6.07) is 9.23. The lowest BCUT2D eigenvalue weighted by molar-refractivity contribution is 0.412. The fourth-order valence-electron chi connectivity index (χ4n) is 2.16. The largest absolute Gasteiger partial charge is 0.497 e. The van der Waals surface area contributed by atoms with Gasteiger partial charge in [0.15, 0.2) is 0 Å². The van der Waals surface area contributed by atoms with E-state index in [2.05, 4.69) is 29.7 Å². The summed E-state index contributed by atoms with van der Waals surface area (Å²) in [7, 11) is 1.71. The monoisotopic (exact) mass is 220 g/mol. The van der Waals surface area contributed by atoms with Crippen LogP contribution >= 0.6 is 0 Å². The minimum atomic E-state index is 0.375. The second kappa shape index (κ2) is 5.32. The van der Waals surface area contributed by atoms with Gasteiger partial charge in [-0.25, -0.2) is 0 Å². The summed E-state index contributed by atoms with van der Waals surface area (Å²) < 4.78 is 5.23. The second-order valence-electron chi connectivity index (χ2n) is 4.35. The Bertz CT molecular complexity index is 334. The lowest BCUT2D eigenvalue weighted by Crippen LogP contribution is -2.33. The van der Waals surface area contributed by atoms with Gasteiger partial charge in [0.1, 0.15) is 5.75 Å². The Labute approximate surface area is 97.2 Å². The van der Waals surface area contributed by atoms with Gasteiger partial charge < -0.3 is 15.4 Å². The maximum absolute atomic E-state index is 5.23. The molecule has 16 heavy (non-hydrogen) atoms. The van der Waals surface area contributed by atoms with E-state index < -0.39 is 0 Å². The maximum Gasteiger partial charge on any atom is 0.119 e. The molecule has 0 aliphatic carbocycles. The van der Waals surface area contributed by atoms with Crippen LogP contribution in [0.2, 0.25) is 0 Å². The highest BCUT2D eigenvalue weighted by molar-refractivity contribution is 5.30. The number of benzene rings is 1. The molecule has 1 aliphatic heterocycles. The fraction of sp³-hybridized carbons (Fsp3) is 0.538. The normalized spacial score (nSPS) is 22.0. The SMILES string of the molecule is COc1cccc([C@H](C)NC2CCNC2)c1. The summed E-state index contributed by atoms with van der Waals surface area (Å²) in [5, 5.41) is 6.99. The van der Waals surface area contributed by atoms with E-state index in [4.69, 9.17) is 4.74 Å². The highest BCUT2D eigenvalue weighted by Gasteiger charge is 2.17. The van der Waals surface area contributed by atoms with Crippen molar-refractivity contribution in [3.05, 3.63) is 29.8 Å². The molecule has 2 N–H and O–H groups in total. The van der Waals surface area contributed by atoms with Crippen molar-refractivity contribution in [2.75, 3.05) is 20.2 Å². The third kappa shape index (κ3) is 2.74. The molecule has 0 aromatic heterocycles. The van der Waals surface area contributed by atoms with Crippen molar-refractivity contribution in [3.8, 4) is 5.75 Å². The zero-order valence-electron chi connectivity index (χ0n) is 9.99. The molecule has 1 aliphatic rings. The van der Waals surface area contributed by atoms with Crippen LogP contribution in [0.15, 0.2) is 24.3 Å². The van der Waals surface area contributed by atoms with Crippen LogP contribution < -0.4 is 15.4 Å². The van der Waals surface area contributed by atoms with E-state index in [9.17, 15) is 0 Å². The van der Waals surface area contributed by atoms with E-state index in [1.807, 2.05) is 12.1 Å². The van der Waals surface area contributed by atoms with Crippen molar-refractivity contribution in [3.63, 3.8) is 0 Å². The molecule has 3 nitrogen and oxygen atoms in total. The van der Waals surface area contributed by atoms with Crippen LogP contribution in [0, 0.1) is 0 Å². The van der Waals surface area contributed by atoms with Crippen molar-refractivity contribution in [1.29, 1.82) is 0 Å². The summed E-state index contributed by atoms with van der Waals surface area (Å²) >= 11 is 0. The van der Waals surface area contributed by atoms with E-state index in [1.165, 1.54) is 12.0 Å². The van der Waals surface area contributed by atoms with Crippen LogP contribution in [0.3, 0.4) is 0 Å². The van der Waals surface area contributed by atoms with E-state index in [0.29, 0.717) is 12.1 Å². The Morgan fingerprint density at radius 3 is 3.06 bits per heavy atom. The molecule has 2 rings (SSSR count). The Kier molecular flexibility index (Phi) is 3.80. The van der Waals surface area contributed by atoms with Gasteiger partial charge in [-0.05, 0) is 37.6 Å². The van der Waals surface area contributed by atoms with Crippen LogP contribution in [0.1, 0.15) is 24.9 Å². The molecule has 1 unspecified atom stereocenters. The van der Waals surface area contributed by atoms with Crippen LogP contribution in [0.25, 0.3) is 0 Å². The molecule has 88 valence electrons. The van der Waals surface area contributed by atoms with Crippen molar-refractivity contribution in [2.45, 2.75) is 25.4 Å². The quantitative estimate of drug-likeness (QED) is 0.810. The van der Waals surface area contributed by atoms with Gasteiger partial charge in [0.2, 0.25) is 0 Å². The van der Waals surface area contributed by atoms with E-state index in [-0.39, 0.29) is 0 Å². The Morgan fingerprint density at radius 1 is 1.50 bits per heavy atom. The van der Waals surface area contributed by atoms with Gasteiger partial charge >= 0.3 is 0 Å². The molecule has 1 heterocycles. The highest BCUT2D eigenvalue weighted by atomic mass is 16.5. The topological polar surface area (TPSA) is 33.3 Å². The third-order valence-corrected chi connectivity index (χ3v) is 3.14. The van der Waals surface area contributed by atoms with Crippen LogP contribution in [0.4, 0.5) is 0 Å². The summed E-state index contributed by atoms with van der Waals surface area (Å²) in [5.74, 6) is 0.927. The zero-order chi connectivity index (χ0) is 11.4. The molecule has 2 atom stereocenters. The molecular formula is C13H20N2O. The predicted molar refractivity (Wildman–Crippen MR) is 65.8 cm³/mol. The van der Waals surface area contributed by atoms with E-state index >= 15 is 0 Å². The number of ether oxygens (including phenoxy) is 1. The third-order valence-electron chi connectivity index (χ3n) is 3.14. The van der Waals surface area contributed by atoms with E-state index in [0.717, 1.165) is 18.8 Å². The van der Waals surface area contributed by atoms with Gasteiger partial charge in [0.25, 0.3) is 0 Å². The Balaban J connectivity index is 1.98. The number of nitrogens with one attached hydrogen (secondary N) is 2. The summed E-state index contributed by atoms with van der Waals surface area (Å²) in [5.41, 5.74) is 1.28. The molecule has 0 spiro atoms. The smallest absolute Gasteiger partial charge is 0.119 e. The molecule has 0 bridgehead atoms. The second-order valence-corrected chi connectivity index (χ2v) is 4.35. The number of rotatable bonds is 4. The molecule has 1 aromatic rings. The molecule has 1 saturated heterocycles. The van der Waals surface area contributed by atoms with Gasteiger partial charge in [-0.15, -0.1) is 0 Å². The number of hydrogen-bond acceptors (Lipinski definition) is 3. The van der Waals surface area contributed by atoms with Crippen molar-refractivity contribution >= 4 is 0 Å². The predicted octanol–water partition coefficient (Wildman–Crippen LogP) is 1.71. The lowest BCUT2D eigenvalue weighted by atomic mass is 10.1. The van der Waals surface area contributed by atoms with Gasteiger partial charge in [-0.2, -0.15) is 0 Å². The van der Waals surface area contributed by atoms with Crippen LogP contribution in [-0.4, -0.2) is 26.2 Å². The first-order valence-corrected chi connectivity index (χ1v) is 5.90.